The topological polar surface area (TPSA) is 93.2 Å². The molecule has 1 amide bonds. The van der Waals surface area contributed by atoms with E-state index in [1.165, 1.54) is 6.92 Å². The lowest BCUT2D eigenvalue weighted by atomic mass is 9.95. The SMILES string of the molecule is CCOC(=O)c1c(Nc2ccc(NC(C)=O)cc2)nnc(-c2ccccc2)c1-c1ccccc1. The second-order valence-electron chi connectivity index (χ2n) is 7.48. The molecule has 3 aromatic carbocycles. The molecule has 0 aliphatic heterocycles. The number of nitrogens with zero attached hydrogens (tertiary/aromatic N) is 2. The van der Waals surface area contributed by atoms with Gasteiger partial charge in [0.25, 0.3) is 0 Å². The van der Waals surface area contributed by atoms with Crippen LogP contribution >= 0.6 is 0 Å². The van der Waals surface area contributed by atoms with Crippen molar-refractivity contribution >= 4 is 29.1 Å². The molecule has 1 aromatic heterocycles. The predicted molar refractivity (Wildman–Crippen MR) is 133 cm³/mol. The van der Waals surface area contributed by atoms with E-state index in [2.05, 4.69) is 20.8 Å². The summed E-state index contributed by atoms with van der Waals surface area (Å²) in [5.41, 5.74) is 4.53. The van der Waals surface area contributed by atoms with Gasteiger partial charge in [-0.2, -0.15) is 0 Å². The molecule has 0 unspecified atom stereocenters. The number of aromatic nitrogens is 2. The highest BCUT2D eigenvalue weighted by atomic mass is 16.5. The van der Waals surface area contributed by atoms with Crippen LogP contribution in [0.2, 0.25) is 0 Å². The highest BCUT2D eigenvalue weighted by Gasteiger charge is 2.25. The van der Waals surface area contributed by atoms with Gasteiger partial charge < -0.3 is 15.4 Å². The molecular weight excluding hydrogens is 428 g/mol. The fourth-order valence-electron chi connectivity index (χ4n) is 3.59. The Bertz CT molecular complexity index is 1290. The number of hydrogen-bond donors (Lipinski definition) is 2. The fourth-order valence-corrected chi connectivity index (χ4v) is 3.59. The standard InChI is InChI=1S/C27H24N4O3/c1-3-34-27(33)24-23(19-10-6-4-7-11-19)25(20-12-8-5-9-13-20)30-31-26(24)29-22-16-14-21(15-17-22)28-18(2)32/h4-17H,3H2,1-2H3,(H,28,32)(H,29,31). The zero-order valence-corrected chi connectivity index (χ0v) is 18.9. The molecule has 7 nitrogen and oxygen atoms in total. The average molecular weight is 453 g/mol. The Morgan fingerprint density at radius 2 is 1.38 bits per heavy atom. The summed E-state index contributed by atoms with van der Waals surface area (Å²) in [6, 6.07) is 26.3. The van der Waals surface area contributed by atoms with Gasteiger partial charge in [0.15, 0.2) is 5.82 Å². The molecule has 4 rings (SSSR count). The van der Waals surface area contributed by atoms with Crippen LogP contribution < -0.4 is 10.6 Å². The van der Waals surface area contributed by atoms with Crippen molar-refractivity contribution in [3.05, 3.63) is 90.5 Å². The van der Waals surface area contributed by atoms with E-state index in [4.69, 9.17) is 4.74 Å². The van der Waals surface area contributed by atoms with Crippen LogP contribution in [0.25, 0.3) is 22.4 Å². The number of carbonyl (C=O) groups excluding carboxylic acids is 2. The second kappa shape index (κ2) is 10.4. The van der Waals surface area contributed by atoms with Crippen LogP contribution in [0.1, 0.15) is 24.2 Å². The summed E-state index contributed by atoms with van der Waals surface area (Å²) in [5.74, 6) is -0.366. The molecule has 0 fully saturated rings. The number of nitrogens with one attached hydrogen (secondary N) is 2. The zero-order valence-electron chi connectivity index (χ0n) is 18.9. The lowest BCUT2D eigenvalue weighted by Gasteiger charge is -2.17. The molecule has 2 N–H and O–H groups in total. The number of amides is 1. The Morgan fingerprint density at radius 1 is 0.794 bits per heavy atom. The van der Waals surface area contributed by atoms with Crippen molar-refractivity contribution in [2.45, 2.75) is 13.8 Å². The van der Waals surface area contributed by atoms with Crippen molar-refractivity contribution in [1.29, 1.82) is 0 Å². The van der Waals surface area contributed by atoms with Crippen LogP contribution in [0.3, 0.4) is 0 Å². The van der Waals surface area contributed by atoms with E-state index < -0.39 is 5.97 Å². The number of anilines is 3. The molecule has 0 radical (unpaired) electrons. The van der Waals surface area contributed by atoms with Crippen LogP contribution in [0.4, 0.5) is 17.2 Å². The van der Waals surface area contributed by atoms with Crippen molar-refractivity contribution in [2.75, 3.05) is 17.2 Å². The fraction of sp³-hybridized carbons (Fsp3) is 0.111. The first kappa shape index (κ1) is 22.7. The summed E-state index contributed by atoms with van der Waals surface area (Å²) in [6.07, 6.45) is 0. The Morgan fingerprint density at radius 3 is 1.97 bits per heavy atom. The zero-order chi connectivity index (χ0) is 23.9. The number of rotatable bonds is 7. The summed E-state index contributed by atoms with van der Waals surface area (Å²) in [5, 5.41) is 14.8. The first-order valence-electron chi connectivity index (χ1n) is 10.9. The summed E-state index contributed by atoms with van der Waals surface area (Å²) in [4.78, 5) is 24.5. The van der Waals surface area contributed by atoms with Gasteiger partial charge in [0, 0.05) is 29.4 Å². The quantitative estimate of drug-likeness (QED) is 0.350. The van der Waals surface area contributed by atoms with Crippen LogP contribution in [0.15, 0.2) is 84.9 Å². The van der Waals surface area contributed by atoms with Crippen LogP contribution in [-0.4, -0.2) is 28.7 Å². The maximum Gasteiger partial charge on any atom is 0.342 e. The number of ether oxygens (including phenoxy) is 1. The first-order valence-corrected chi connectivity index (χ1v) is 10.9. The number of esters is 1. The van der Waals surface area contributed by atoms with Crippen molar-refractivity contribution in [3.8, 4) is 22.4 Å². The minimum atomic E-state index is -0.495. The van der Waals surface area contributed by atoms with Gasteiger partial charge in [0.2, 0.25) is 5.91 Å². The lowest BCUT2D eigenvalue weighted by Crippen LogP contribution is -2.13. The van der Waals surface area contributed by atoms with Crippen molar-refractivity contribution in [1.82, 2.24) is 10.2 Å². The van der Waals surface area contributed by atoms with E-state index in [0.717, 1.165) is 11.1 Å². The van der Waals surface area contributed by atoms with Crippen LogP contribution in [-0.2, 0) is 9.53 Å². The van der Waals surface area contributed by atoms with E-state index in [1.807, 2.05) is 60.7 Å². The average Bonchev–Trinajstić information content (AvgIpc) is 2.86. The second-order valence-corrected chi connectivity index (χ2v) is 7.48. The van der Waals surface area contributed by atoms with Gasteiger partial charge in [-0.05, 0) is 36.8 Å². The van der Waals surface area contributed by atoms with Crippen LogP contribution in [0.5, 0.6) is 0 Å². The van der Waals surface area contributed by atoms with Gasteiger partial charge in [-0.1, -0.05) is 60.7 Å². The highest BCUT2D eigenvalue weighted by molar-refractivity contribution is 6.05. The van der Waals surface area contributed by atoms with Gasteiger partial charge in [-0.3, -0.25) is 4.79 Å². The number of carbonyl (C=O) groups is 2. The summed E-state index contributed by atoms with van der Waals surface area (Å²) < 4.78 is 5.43. The van der Waals surface area contributed by atoms with Crippen molar-refractivity contribution in [3.63, 3.8) is 0 Å². The molecule has 0 saturated heterocycles. The minimum Gasteiger partial charge on any atom is -0.462 e. The molecule has 0 spiro atoms. The first-order chi connectivity index (χ1) is 16.6. The predicted octanol–water partition coefficient (Wildman–Crippen LogP) is 5.69. The van der Waals surface area contributed by atoms with E-state index in [-0.39, 0.29) is 18.3 Å². The molecular formula is C27H24N4O3. The van der Waals surface area contributed by atoms with Gasteiger partial charge in [0.05, 0.1) is 6.61 Å². The number of benzene rings is 3. The van der Waals surface area contributed by atoms with Crippen molar-refractivity contribution < 1.29 is 14.3 Å². The smallest absolute Gasteiger partial charge is 0.342 e. The van der Waals surface area contributed by atoms with Crippen LogP contribution in [0, 0.1) is 0 Å². The molecule has 0 atom stereocenters. The molecule has 0 saturated carbocycles. The molecule has 0 aliphatic carbocycles. The van der Waals surface area contributed by atoms with Crippen molar-refractivity contribution in [2.24, 2.45) is 0 Å². The van der Waals surface area contributed by atoms with E-state index in [1.54, 1.807) is 31.2 Å². The van der Waals surface area contributed by atoms with E-state index >= 15 is 0 Å². The number of hydrogen-bond acceptors (Lipinski definition) is 6. The molecule has 170 valence electrons. The maximum atomic E-state index is 13.2. The van der Waals surface area contributed by atoms with E-state index in [9.17, 15) is 9.59 Å². The molecule has 0 aliphatic rings. The van der Waals surface area contributed by atoms with Gasteiger partial charge >= 0.3 is 5.97 Å². The third-order valence-electron chi connectivity index (χ3n) is 5.03. The summed E-state index contributed by atoms with van der Waals surface area (Å²) in [6.45, 7) is 3.44. The molecule has 4 aromatic rings. The third kappa shape index (κ3) is 5.10. The maximum absolute atomic E-state index is 13.2. The Labute approximate surface area is 197 Å². The lowest BCUT2D eigenvalue weighted by molar-refractivity contribution is -0.114. The Kier molecular flexibility index (Phi) is 6.93. The Balaban J connectivity index is 1.87. The van der Waals surface area contributed by atoms with Gasteiger partial charge in [-0.15, -0.1) is 10.2 Å². The highest BCUT2D eigenvalue weighted by Crippen LogP contribution is 2.37. The largest absolute Gasteiger partial charge is 0.462 e. The summed E-state index contributed by atoms with van der Waals surface area (Å²) in [7, 11) is 0. The monoisotopic (exact) mass is 452 g/mol. The minimum absolute atomic E-state index is 0.153. The normalized spacial score (nSPS) is 10.4. The third-order valence-corrected chi connectivity index (χ3v) is 5.03. The Hall–Kier alpha value is -4.52. The molecule has 34 heavy (non-hydrogen) atoms. The molecule has 1 heterocycles. The summed E-state index contributed by atoms with van der Waals surface area (Å²) >= 11 is 0. The van der Waals surface area contributed by atoms with E-state index in [0.29, 0.717) is 28.2 Å². The molecule has 0 bridgehead atoms. The van der Waals surface area contributed by atoms with Gasteiger partial charge in [-0.25, -0.2) is 4.79 Å². The van der Waals surface area contributed by atoms with Gasteiger partial charge in [0.1, 0.15) is 11.3 Å². The molecule has 7 heteroatoms.